The summed E-state index contributed by atoms with van der Waals surface area (Å²) in [6.07, 6.45) is 0.507. The highest BCUT2D eigenvalue weighted by atomic mass is 19.1. The highest BCUT2D eigenvalue weighted by Gasteiger charge is 2.30. The van der Waals surface area contributed by atoms with Crippen LogP contribution in [0.25, 0.3) is 0 Å². The minimum Gasteiger partial charge on any atom is -0.343 e. The van der Waals surface area contributed by atoms with Crippen LogP contribution < -0.4 is 16.1 Å². The molecule has 0 aliphatic heterocycles. The van der Waals surface area contributed by atoms with Crippen LogP contribution in [0.3, 0.4) is 0 Å². The Kier molecular flexibility index (Phi) is 6.17. The monoisotopic (exact) mass is 448 g/mol. The average Bonchev–Trinajstić information content (AvgIpc) is 3.11. The Morgan fingerprint density at radius 1 is 0.970 bits per heavy atom. The maximum absolute atomic E-state index is 13.8. The number of carbonyl (C=O) groups is 2. The first-order valence-corrected chi connectivity index (χ1v) is 10.4. The van der Waals surface area contributed by atoms with Crippen LogP contribution in [-0.2, 0) is 6.42 Å². The van der Waals surface area contributed by atoms with Crippen molar-refractivity contribution in [3.05, 3.63) is 100 Å². The zero-order valence-electron chi connectivity index (χ0n) is 18.1. The third-order valence-electron chi connectivity index (χ3n) is 5.29. The highest BCUT2D eigenvalue weighted by molar-refractivity contribution is 6.11. The first kappa shape index (κ1) is 22.1. The quantitative estimate of drug-likeness (QED) is 0.515. The van der Waals surface area contributed by atoms with Gasteiger partial charge in [0.2, 0.25) is 0 Å². The molecule has 0 bridgehead atoms. The Labute approximate surface area is 189 Å². The third kappa shape index (κ3) is 5.06. The normalized spacial score (nSPS) is 15.8. The molecule has 4 rings (SSSR count). The summed E-state index contributed by atoms with van der Waals surface area (Å²) in [5.41, 5.74) is 6.74. The van der Waals surface area contributed by atoms with E-state index in [4.69, 9.17) is 0 Å². The van der Waals surface area contributed by atoms with E-state index in [9.17, 15) is 18.4 Å². The molecule has 0 heterocycles. The van der Waals surface area contributed by atoms with Gasteiger partial charge in [0.15, 0.2) is 0 Å². The van der Waals surface area contributed by atoms with Gasteiger partial charge >= 0.3 is 6.03 Å². The lowest BCUT2D eigenvalue weighted by Gasteiger charge is -2.15. The van der Waals surface area contributed by atoms with Gasteiger partial charge in [-0.1, -0.05) is 41.5 Å². The van der Waals surface area contributed by atoms with Crippen molar-refractivity contribution in [2.75, 3.05) is 5.32 Å². The van der Waals surface area contributed by atoms with Gasteiger partial charge in [0, 0.05) is 17.2 Å². The molecule has 8 heteroatoms. The lowest BCUT2D eigenvalue weighted by molar-refractivity contribution is 0.0947. The molecule has 0 spiro atoms. The van der Waals surface area contributed by atoms with Gasteiger partial charge in [0.25, 0.3) is 5.91 Å². The van der Waals surface area contributed by atoms with Crippen LogP contribution in [0.2, 0.25) is 0 Å². The number of rotatable bonds is 4. The van der Waals surface area contributed by atoms with Crippen LogP contribution in [0.5, 0.6) is 0 Å². The Hall–Kier alpha value is -4.07. The number of urea groups is 1. The molecule has 33 heavy (non-hydrogen) atoms. The van der Waals surface area contributed by atoms with Gasteiger partial charge in [-0.25, -0.2) is 19.0 Å². The molecule has 0 saturated heterocycles. The van der Waals surface area contributed by atoms with Crippen LogP contribution in [0, 0.1) is 25.5 Å². The van der Waals surface area contributed by atoms with Crippen LogP contribution in [0.1, 0.15) is 32.6 Å². The van der Waals surface area contributed by atoms with Crippen molar-refractivity contribution >= 4 is 23.3 Å². The topological polar surface area (TPSA) is 82.6 Å². The molecule has 0 radical (unpaired) electrons. The number of anilines is 1. The third-order valence-corrected chi connectivity index (χ3v) is 5.29. The number of carbonyl (C=O) groups excluding carboxylic acids is 2. The molecule has 3 amide bonds. The van der Waals surface area contributed by atoms with E-state index in [1.165, 1.54) is 0 Å². The average molecular weight is 448 g/mol. The van der Waals surface area contributed by atoms with Gasteiger partial charge in [-0.15, -0.1) is 0 Å². The number of nitrogens with zero attached hydrogens (tertiary/aromatic N) is 1. The Bertz CT molecular complexity index is 1250. The molecule has 0 fully saturated rings. The number of benzene rings is 3. The summed E-state index contributed by atoms with van der Waals surface area (Å²) in [4.78, 5) is 25.2. The molecule has 1 atom stereocenters. The molecular weight excluding hydrogens is 426 g/mol. The van der Waals surface area contributed by atoms with E-state index in [0.29, 0.717) is 17.7 Å². The van der Waals surface area contributed by atoms with Crippen LogP contribution in [0.15, 0.2) is 65.8 Å². The second-order valence-electron chi connectivity index (χ2n) is 7.95. The van der Waals surface area contributed by atoms with Gasteiger partial charge in [0.05, 0.1) is 17.4 Å². The number of aryl methyl sites for hydroxylation is 2. The summed E-state index contributed by atoms with van der Waals surface area (Å²) in [5, 5.41) is 9.42. The second kappa shape index (κ2) is 9.20. The van der Waals surface area contributed by atoms with Crippen molar-refractivity contribution in [3.63, 3.8) is 0 Å². The van der Waals surface area contributed by atoms with E-state index in [-0.39, 0.29) is 11.6 Å². The van der Waals surface area contributed by atoms with Crippen molar-refractivity contribution in [2.45, 2.75) is 26.3 Å². The number of hydrogen-bond acceptors (Lipinski definition) is 3. The van der Waals surface area contributed by atoms with Gasteiger partial charge < -0.3 is 10.6 Å². The zero-order chi connectivity index (χ0) is 23.5. The number of fused-ring (bicyclic) bond motifs is 1. The maximum atomic E-state index is 13.8. The molecule has 1 unspecified atom stereocenters. The predicted molar refractivity (Wildman–Crippen MR) is 122 cm³/mol. The summed E-state index contributed by atoms with van der Waals surface area (Å²) in [7, 11) is 0. The molecule has 6 nitrogen and oxygen atoms in total. The van der Waals surface area contributed by atoms with Gasteiger partial charge in [-0.3, -0.25) is 4.79 Å². The number of halogens is 2. The van der Waals surface area contributed by atoms with Crippen LogP contribution in [-0.4, -0.2) is 23.7 Å². The summed E-state index contributed by atoms with van der Waals surface area (Å²) in [6, 6.07) is 14.5. The van der Waals surface area contributed by atoms with Gasteiger partial charge in [0.1, 0.15) is 11.6 Å². The molecule has 1 aliphatic carbocycles. The predicted octanol–water partition coefficient (Wildman–Crippen LogP) is 4.46. The highest BCUT2D eigenvalue weighted by Crippen LogP contribution is 2.23. The number of amides is 3. The van der Waals surface area contributed by atoms with Crippen LogP contribution >= 0.6 is 0 Å². The molecule has 0 saturated carbocycles. The Morgan fingerprint density at radius 2 is 1.70 bits per heavy atom. The first-order chi connectivity index (χ1) is 15.8. The fourth-order valence-corrected chi connectivity index (χ4v) is 3.91. The summed E-state index contributed by atoms with van der Waals surface area (Å²) >= 11 is 0. The first-order valence-electron chi connectivity index (χ1n) is 10.4. The molecule has 1 aliphatic rings. The number of hydrazone groups is 1. The molecule has 3 aromatic carbocycles. The van der Waals surface area contributed by atoms with Crippen molar-refractivity contribution in [2.24, 2.45) is 5.10 Å². The van der Waals surface area contributed by atoms with Crippen molar-refractivity contribution in [1.29, 1.82) is 0 Å². The molecular formula is C25H22F2N4O2. The minimum absolute atomic E-state index is 0.251. The molecule has 3 aromatic rings. The van der Waals surface area contributed by atoms with Gasteiger partial charge in [-0.05, 0) is 50.1 Å². The molecule has 3 N–H and O–H groups in total. The fraction of sp³-hybridized carbons (Fsp3) is 0.160. The van der Waals surface area contributed by atoms with E-state index in [1.54, 1.807) is 12.1 Å². The SMILES string of the molecule is Cc1cc(C)cc(C(=O)NC2Cc3ccccc3/C2=N\NC(=O)Nc2cc(F)ccc2F)c1. The molecule has 168 valence electrons. The van der Waals surface area contributed by atoms with Crippen molar-refractivity contribution in [3.8, 4) is 0 Å². The number of hydrogen-bond donors (Lipinski definition) is 3. The fourth-order valence-electron chi connectivity index (χ4n) is 3.91. The van der Waals surface area contributed by atoms with Gasteiger partial charge in [-0.2, -0.15) is 5.10 Å². The largest absolute Gasteiger partial charge is 0.343 e. The molecule has 0 aromatic heterocycles. The standard InChI is InChI=1S/C25H22F2N4O2/c1-14-9-15(2)11-17(10-14)24(32)28-22-12-16-5-3-4-6-19(16)23(22)30-31-25(33)29-21-13-18(26)7-8-20(21)27/h3-11,13,22H,12H2,1-2H3,(H,28,32)(H2,29,31,33)/b30-23+. The zero-order valence-corrected chi connectivity index (χ0v) is 18.1. The second-order valence-corrected chi connectivity index (χ2v) is 7.95. The van der Waals surface area contributed by atoms with E-state index in [2.05, 4.69) is 21.2 Å². The van der Waals surface area contributed by atoms with E-state index >= 15 is 0 Å². The maximum Gasteiger partial charge on any atom is 0.339 e. The smallest absolute Gasteiger partial charge is 0.339 e. The number of nitrogens with one attached hydrogen (secondary N) is 3. The van der Waals surface area contributed by atoms with Crippen LogP contribution in [0.4, 0.5) is 19.3 Å². The minimum atomic E-state index is -0.837. The lowest BCUT2D eigenvalue weighted by atomic mass is 10.1. The van der Waals surface area contributed by atoms with Crippen molar-refractivity contribution in [1.82, 2.24) is 10.7 Å². The summed E-state index contributed by atoms with van der Waals surface area (Å²) in [5.74, 6) is -1.71. The lowest BCUT2D eigenvalue weighted by Crippen LogP contribution is -2.40. The van der Waals surface area contributed by atoms with Crippen molar-refractivity contribution < 1.29 is 18.4 Å². The summed E-state index contributed by atoms with van der Waals surface area (Å²) < 4.78 is 27.2. The van der Waals surface area contributed by atoms with E-state index < -0.39 is 23.7 Å². The Balaban J connectivity index is 1.54. The Morgan fingerprint density at radius 3 is 2.45 bits per heavy atom. The van der Waals surface area contributed by atoms with E-state index in [1.807, 2.05) is 44.2 Å². The van der Waals surface area contributed by atoms with E-state index in [0.717, 1.165) is 40.5 Å². The summed E-state index contributed by atoms with van der Waals surface area (Å²) in [6.45, 7) is 3.85.